The fourth-order valence-electron chi connectivity index (χ4n) is 4.81. The molecule has 0 amide bonds. The SMILES string of the molecule is CC1(C)OB(CCl)OC1(C)C.CC1(C)OB(CN([Si](C)(C)C)[Si](C)(C)C)OC1(C)C.CC1(C)OB(CO)OC1(C)C. The standard InChI is InChI=1S/C13H32BNO2Si2.C7H14BClO2.C7H15BO3/c1-12(2)13(3,4)17-14(16-12)11-15(18(5,6)7)19(8,9)10;2*1-6(2)7(3,4)11-8(5-9)10-6/h11H2,1-10H3;5H2,1-4H3;9H,5H2,1-4H3. The van der Waals surface area contributed by atoms with Crippen molar-refractivity contribution >= 4 is 49.4 Å². The van der Waals surface area contributed by atoms with Crippen molar-refractivity contribution in [1.82, 2.24) is 4.23 Å². The first-order valence-corrected chi connectivity index (χ1v) is 22.4. The van der Waals surface area contributed by atoms with Crippen LogP contribution in [0, 0.1) is 0 Å². The molecule has 0 aliphatic carbocycles. The molecule has 240 valence electrons. The lowest BCUT2D eigenvalue weighted by Gasteiger charge is -2.43. The van der Waals surface area contributed by atoms with Crippen molar-refractivity contribution in [1.29, 1.82) is 0 Å². The van der Waals surface area contributed by atoms with Gasteiger partial charge in [0.05, 0.1) is 45.9 Å². The smallest absolute Gasteiger partial charge is 0.402 e. The average molecular weight is 636 g/mol. The molecule has 0 atom stereocenters. The molecule has 0 radical (unpaired) electrons. The summed E-state index contributed by atoms with van der Waals surface area (Å²) < 4.78 is 37.1. The molecule has 3 fully saturated rings. The Labute approximate surface area is 260 Å². The van der Waals surface area contributed by atoms with E-state index in [1.165, 1.54) is 0 Å². The summed E-state index contributed by atoms with van der Waals surface area (Å²) in [6.45, 7) is 38.8. The van der Waals surface area contributed by atoms with Crippen molar-refractivity contribution in [3.63, 3.8) is 0 Å². The zero-order valence-corrected chi connectivity index (χ0v) is 32.3. The van der Waals surface area contributed by atoms with Gasteiger partial charge in [0.1, 0.15) is 16.5 Å². The first-order valence-electron chi connectivity index (χ1n) is 15.0. The minimum atomic E-state index is -1.35. The maximum atomic E-state index is 8.78. The molecule has 0 spiro atoms. The Morgan fingerprint density at radius 1 is 0.512 bits per heavy atom. The maximum absolute atomic E-state index is 8.78. The van der Waals surface area contributed by atoms with Crippen LogP contribution in [0.25, 0.3) is 0 Å². The van der Waals surface area contributed by atoms with Gasteiger partial charge in [0.25, 0.3) is 0 Å². The van der Waals surface area contributed by atoms with Crippen molar-refractivity contribution in [3.8, 4) is 0 Å². The van der Waals surface area contributed by atoms with E-state index in [0.29, 0.717) is 5.78 Å². The monoisotopic (exact) mass is 635 g/mol. The van der Waals surface area contributed by atoms with Crippen LogP contribution in [-0.2, 0) is 27.9 Å². The van der Waals surface area contributed by atoms with Crippen LogP contribution in [0.3, 0.4) is 0 Å². The van der Waals surface area contributed by atoms with Crippen LogP contribution in [0.4, 0.5) is 0 Å². The summed E-state index contributed by atoms with van der Waals surface area (Å²) in [6.07, 6.45) is 0.915. The number of hydrogen-bond acceptors (Lipinski definition) is 8. The van der Waals surface area contributed by atoms with Crippen molar-refractivity contribution in [2.24, 2.45) is 0 Å². The first-order chi connectivity index (χ1) is 17.9. The number of hydrogen-bond donors (Lipinski definition) is 1. The zero-order valence-electron chi connectivity index (χ0n) is 29.6. The van der Waals surface area contributed by atoms with E-state index >= 15 is 0 Å². The Balaban J connectivity index is 0.000000327. The molecule has 0 unspecified atom stereocenters. The van der Waals surface area contributed by atoms with Gasteiger partial charge in [0.2, 0.25) is 0 Å². The molecule has 3 rings (SSSR count). The molecule has 8 nitrogen and oxygen atoms in total. The van der Waals surface area contributed by atoms with Crippen LogP contribution in [-0.4, -0.2) is 99.5 Å². The predicted molar refractivity (Wildman–Crippen MR) is 179 cm³/mol. The molecule has 1 N–H and O–H groups in total. The van der Waals surface area contributed by atoms with E-state index in [-0.39, 0.29) is 54.3 Å². The zero-order chi connectivity index (χ0) is 32.7. The Bertz CT molecular complexity index is 767. The highest BCUT2D eigenvalue weighted by Crippen LogP contribution is 2.39. The van der Waals surface area contributed by atoms with Crippen molar-refractivity contribution < 1.29 is 33.0 Å². The lowest BCUT2D eigenvalue weighted by molar-refractivity contribution is 0.00578. The van der Waals surface area contributed by atoms with Crippen LogP contribution in [0.2, 0.25) is 39.3 Å². The van der Waals surface area contributed by atoms with Gasteiger partial charge in [-0.1, -0.05) is 39.3 Å². The molecule has 0 aromatic rings. The first kappa shape index (κ1) is 39.6. The van der Waals surface area contributed by atoms with Gasteiger partial charge in [0.15, 0.2) is 0 Å². The number of rotatable bonds is 6. The topological polar surface area (TPSA) is 78.9 Å². The lowest BCUT2D eigenvalue weighted by Crippen LogP contribution is -2.62. The molecular formula is C27H61B3ClNO7Si2. The molecule has 3 saturated heterocycles. The molecule has 14 heteroatoms. The average Bonchev–Trinajstić information content (AvgIpc) is 3.19. The second kappa shape index (κ2) is 13.1. The molecule has 0 bridgehead atoms. The second-order valence-electron chi connectivity index (χ2n) is 16.3. The van der Waals surface area contributed by atoms with Gasteiger partial charge < -0.3 is 37.3 Å². The largest absolute Gasteiger partial charge is 0.485 e. The highest BCUT2D eigenvalue weighted by molar-refractivity contribution is 6.90. The van der Waals surface area contributed by atoms with E-state index in [4.69, 9.17) is 44.6 Å². The summed E-state index contributed by atoms with van der Waals surface area (Å²) in [5, 5.41) is 8.78. The molecule has 3 aliphatic heterocycles. The summed E-state index contributed by atoms with van der Waals surface area (Å²) in [5.74, 6) is 0.396. The van der Waals surface area contributed by atoms with E-state index in [0.717, 1.165) is 6.44 Å². The summed E-state index contributed by atoms with van der Waals surface area (Å²) >= 11 is 5.61. The van der Waals surface area contributed by atoms with E-state index < -0.39 is 23.6 Å². The third-order valence-corrected chi connectivity index (χ3v) is 17.0. The second-order valence-corrected chi connectivity index (χ2v) is 26.9. The van der Waals surface area contributed by atoms with E-state index in [2.05, 4.69) is 71.2 Å². The summed E-state index contributed by atoms with van der Waals surface area (Å²) in [6, 6.07) is 0. The van der Waals surface area contributed by atoms with E-state index in [1.54, 1.807) is 0 Å². The van der Waals surface area contributed by atoms with Gasteiger partial charge in [-0.2, -0.15) is 0 Å². The Kier molecular flexibility index (Phi) is 12.7. The molecule has 3 heterocycles. The van der Waals surface area contributed by atoms with E-state index in [1.807, 2.05) is 55.4 Å². The maximum Gasteiger partial charge on any atom is 0.485 e. The lowest BCUT2D eigenvalue weighted by atomic mass is 9.90. The Hall–Kier alpha value is 0.599. The third-order valence-electron chi connectivity index (χ3n) is 9.13. The molecule has 0 saturated carbocycles. The molecule has 0 aromatic carbocycles. The third kappa shape index (κ3) is 10.0. The molecule has 41 heavy (non-hydrogen) atoms. The minimum absolute atomic E-state index is 0.0765. The quantitative estimate of drug-likeness (QED) is 0.279. The van der Waals surface area contributed by atoms with Crippen LogP contribution in [0.5, 0.6) is 0 Å². The van der Waals surface area contributed by atoms with Gasteiger partial charge in [-0.25, -0.2) is 0 Å². The normalized spacial score (nSPS) is 25.5. The Morgan fingerprint density at radius 2 is 0.756 bits per heavy atom. The van der Waals surface area contributed by atoms with Gasteiger partial charge >= 0.3 is 21.4 Å². The minimum Gasteiger partial charge on any atom is -0.402 e. The van der Waals surface area contributed by atoms with Crippen molar-refractivity contribution in [3.05, 3.63) is 0 Å². The highest BCUT2D eigenvalue weighted by Gasteiger charge is 2.53. The predicted octanol–water partition coefficient (Wildman–Crippen LogP) is 6.06. The highest BCUT2D eigenvalue weighted by atomic mass is 35.5. The van der Waals surface area contributed by atoms with Gasteiger partial charge in [-0.15, -0.1) is 11.6 Å². The number of halogens is 1. The van der Waals surface area contributed by atoms with Crippen LogP contribution >= 0.6 is 11.6 Å². The summed E-state index contributed by atoms with van der Waals surface area (Å²) in [5.41, 5.74) is -1.57. The van der Waals surface area contributed by atoms with Gasteiger partial charge in [-0.05, 0) is 83.1 Å². The Morgan fingerprint density at radius 3 is 0.927 bits per heavy atom. The number of aliphatic hydroxyl groups is 1. The summed E-state index contributed by atoms with van der Waals surface area (Å²) in [7, 11) is -3.50. The van der Waals surface area contributed by atoms with Crippen LogP contribution in [0.1, 0.15) is 83.1 Å². The van der Waals surface area contributed by atoms with E-state index in [9.17, 15) is 0 Å². The molecular weight excluding hydrogens is 574 g/mol. The van der Waals surface area contributed by atoms with Crippen LogP contribution < -0.4 is 0 Å². The van der Waals surface area contributed by atoms with Crippen molar-refractivity contribution in [2.75, 3.05) is 18.7 Å². The fourth-order valence-corrected chi connectivity index (χ4v) is 14.4. The molecule has 3 aliphatic rings. The van der Waals surface area contributed by atoms with Crippen LogP contribution in [0.15, 0.2) is 0 Å². The number of alkyl halides is 1. The summed E-state index contributed by atoms with van der Waals surface area (Å²) in [4.78, 5) is 0. The number of aliphatic hydroxyl groups excluding tert-OH is 1. The van der Waals surface area contributed by atoms with Crippen molar-refractivity contribution in [2.45, 2.75) is 156 Å². The fraction of sp³-hybridized carbons (Fsp3) is 1.00. The van der Waals surface area contributed by atoms with Gasteiger partial charge in [-0.3, -0.25) is 0 Å². The number of nitrogens with zero attached hydrogens (tertiary/aromatic N) is 1. The molecule has 0 aromatic heterocycles. The van der Waals surface area contributed by atoms with Gasteiger partial charge in [0, 0.05) is 6.44 Å².